The lowest BCUT2D eigenvalue weighted by Gasteiger charge is -2.26. The highest BCUT2D eigenvalue weighted by Gasteiger charge is 2.27. The summed E-state index contributed by atoms with van der Waals surface area (Å²) in [6, 6.07) is 13.6. The molecule has 4 rings (SSSR count). The first kappa shape index (κ1) is 15.9. The summed E-state index contributed by atoms with van der Waals surface area (Å²) in [7, 11) is 0. The third kappa shape index (κ3) is 3.73. The quantitative estimate of drug-likeness (QED) is 0.925. The number of hydrogen-bond donors (Lipinski definition) is 1. The Morgan fingerprint density at radius 2 is 1.83 bits per heavy atom. The summed E-state index contributed by atoms with van der Waals surface area (Å²) in [6.45, 7) is 2.05. The van der Waals surface area contributed by atoms with Gasteiger partial charge in [-0.05, 0) is 36.8 Å². The average Bonchev–Trinajstić information content (AvgIpc) is 3.12. The molecule has 2 aromatic rings. The number of hydrogen-bond acceptors (Lipinski definition) is 5. The molecule has 1 aromatic heterocycles. The number of anilines is 1. The highest BCUT2D eigenvalue weighted by molar-refractivity contribution is 7.99. The molecule has 2 saturated heterocycles. The Morgan fingerprint density at radius 1 is 1.00 bits per heavy atom. The molecule has 1 N–H and O–H groups in total. The van der Waals surface area contributed by atoms with Gasteiger partial charge in [0.15, 0.2) is 0 Å². The first-order valence-corrected chi connectivity index (χ1v) is 10.0. The minimum Gasteiger partial charge on any atom is -0.339 e. The van der Waals surface area contributed by atoms with E-state index >= 15 is 0 Å². The summed E-state index contributed by atoms with van der Waals surface area (Å²) in [5.74, 6) is 3.46. The van der Waals surface area contributed by atoms with Crippen LogP contribution in [0.1, 0.15) is 19.3 Å². The van der Waals surface area contributed by atoms with Crippen LogP contribution in [0.25, 0.3) is 11.3 Å². The Bertz CT molecular complexity index is 657. The fraction of sp³-hybridized carbons (Fsp3) is 0.474. The Hall–Kier alpha value is -1.59. The van der Waals surface area contributed by atoms with Crippen LogP contribution in [0.15, 0.2) is 42.6 Å². The monoisotopic (exact) mass is 340 g/mol. The van der Waals surface area contributed by atoms with Crippen molar-refractivity contribution in [2.45, 2.75) is 31.3 Å². The molecular weight excluding hydrogens is 316 g/mol. The van der Waals surface area contributed by atoms with Crippen LogP contribution < -0.4 is 10.2 Å². The molecule has 126 valence electrons. The van der Waals surface area contributed by atoms with E-state index in [0.29, 0.717) is 12.1 Å². The summed E-state index contributed by atoms with van der Waals surface area (Å²) in [5, 5.41) is 3.85. The smallest absolute Gasteiger partial charge is 0.225 e. The van der Waals surface area contributed by atoms with E-state index in [1.807, 2.05) is 18.3 Å². The molecule has 5 heteroatoms. The maximum Gasteiger partial charge on any atom is 0.225 e. The van der Waals surface area contributed by atoms with Gasteiger partial charge in [0, 0.05) is 36.9 Å². The summed E-state index contributed by atoms with van der Waals surface area (Å²) in [5.41, 5.74) is 2.15. The summed E-state index contributed by atoms with van der Waals surface area (Å²) >= 11 is 2.08. The fourth-order valence-electron chi connectivity index (χ4n) is 3.55. The maximum absolute atomic E-state index is 4.79. The van der Waals surface area contributed by atoms with Gasteiger partial charge >= 0.3 is 0 Å². The first-order chi connectivity index (χ1) is 11.9. The largest absolute Gasteiger partial charge is 0.339 e. The lowest BCUT2D eigenvalue weighted by Crippen LogP contribution is -2.42. The van der Waals surface area contributed by atoms with Gasteiger partial charge in [-0.25, -0.2) is 9.97 Å². The van der Waals surface area contributed by atoms with Gasteiger partial charge < -0.3 is 10.2 Å². The van der Waals surface area contributed by atoms with E-state index in [-0.39, 0.29) is 0 Å². The zero-order chi connectivity index (χ0) is 16.2. The van der Waals surface area contributed by atoms with Gasteiger partial charge in [0.1, 0.15) is 0 Å². The fourth-order valence-corrected chi connectivity index (χ4v) is 4.65. The van der Waals surface area contributed by atoms with Gasteiger partial charge in [-0.1, -0.05) is 30.3 Å². The van der Waals surface area contributed by atoms with E-state index in [1.165, 1.54) is 30.8 Å². The Kier molecular flexibility index (Phi) is 4.99. The molecule has 3 heterocycles. The number of thioether (sulfide) groups is 1. The van der Waals surface area contributed by atoms with Crippen molar-refractivity contribution in [3.8, 4) is 11.3 Å². The van der Waals surface area contributed by atoms with E-state index in [2.05, 4.69) is 51.2 Å². The zero-order valence-electron chi connectivity index (χ0n) is 13.9. The van der Waals surface area contributed by atoms with E-state index in [1.54, 1.807) is 0 Å². The molecule has 1 aromatic carbocycles. The van der Waals surface area contributed by atoms with Gasteiger partial charge in [0.2, 0.25) is 5.95 Å². The van der Waals surface area contributed by atoms with Gasteiger partial charge in [-0.3, -0.25) is 0 Å². The lowest BCUT2D eigenvalue weighted by atomic mass is 10.1. The standard InChI is InChI=1S/C19H24N4S/c1-2-4-15(5-3-1)18-6-10-20-19(22-18)23-11-7-17(14-23)21-16-8-12-24-13-9-16/h1-6,10,16-17,21H,7-9,11-14H2. The van der Waals surface area contributed by atoms with Crippen molar-refractivity contribution >= 4 is 17.7 Å². The van der Waals surface area contributed by atoms with E-state index in [9.17, 15) is 0 Å². The first-order valence-electron chi connectivity index (χ1n) is 8.86. The molecule has 0 bridgehead atoms. The highest BCUT2D eigenvalue weighted by atomic mass is 32.2. The third-order valence-corrected chi connectivity index (χ3v) is 5.92. The summed E-state index contributed by atoms with van der Waals surface area (Å²) in [6.07, 6.45) is 5.68. The molecule has 0 saturated carbocycles. The SMILES string of the molecule is c1ccc(-c2ccnc(N3CCC(NC4CCSCC4)C3)n2)cc1. The third-order valence-electron chi connectivity index (χ3n) is 4.88. The molecule has 4 nitrogen and oxygen atoms in total. The summed E-state index contributed by atoms with van der Waals surface area (Å²) in [4.78, 5) is 11.6. The molecule has 1 unspecified atom stereocenters. The van der Waals surface area contributed by atoms with Crippen LogP contribution in [0.5, 0.6) is 0 Å². The van der Waals surface area contributed by atoms with Crippen molar-refractivity contribution in [2.24, 2.45) is 0 Å². The molecule has 2 aliphatic rings. The van der Waals surface area contributed by atoms with Crippen LogP contribution in [0.2, 0.25) is 0 Å². The zero-order valence-corrected chi connectivity index (χ0v) is 14.7. The molecule has 24 heavy (non-hydrogen) atoms. The van der Waals surface area contributed by atoms with Crippen molar-refractivity contribution in [3.05, 3.63) is 42.6 Å². The normalized spacial score (nSPS) is 22.0. The van der Waals surface area contributed by atoms with Crippen molar-refractivity contribution in [2.75, 3.05) is 29.5 Å². The van der Waals surface area contributed by atoms with Gasteiger partial charge in [0.25, 0.3) is 0 Å². The predicted octanol–water partition coefficient (Wildman–Crippen LogP) is 3.21. The second-order valence-electron chi connectivity index (χ2n) is 6.59. The van der Waals surface area contributed by atoms with Crippen LogP contribution >= 0.6 is 11.8 Å². The van der Waals surface area contributed by atoms with Gasteiger partial charge in [-0.15, -0.1) is 0 Å². The van der Waals surface area contributed by atoms with E-state index in [0.717, 1.165) is 30.3 Å². The molecule has 2 fully saturated rings. The number of aromatic nitrogens is 2. The molecule has 1 atom stereocenters. The van der Waals surface area contributed by atoms with Crippen LogP contribution in [-0.4, -0.2) is 46.6 Å². The van der Waals surface area contributed by atoms with Crippen LogP contribution in [0, 0.1) is 0 Å². The van der Waals surface area contributed by atoms with Crippen molar-refractivity contribution in [3.63, 3.8) is 0 Å². The van der Waals surface area contributed by atoms with E-state index < -0.39 is 0 Å². The lowest BCUT2D eigenvalue weighted by molar-refractivity contribution is 0.423. The number of nitrogens with one attached hydrogen (secondary N) is 1. The number of benzene rings is 1. The molecule has 0 spiro atoms. The van der Waals surface area contributed by atoms with Crippen molar-refractivity contribution < 1.29 is 0 Å². The van der Waals surface area contributed by atoms with Gasteiger partial charge in [-0.2, -0.15) is 11.8 Å². The van der Waals surface area contributed by atoms with Crippen LogP contribution in [-0.2, 0) is 0 Å². The van der Waals surface area contributed by atoms with Crippen LogP contribution in [0.3, 0.4) is 0 Å². The van der Waals surface area contributed by atoms with E-state index in [4.69, 9.17) is 4.98 Å². The van der Waals surface area contributed by atoms with Gasteiger partial charge in [0.05, 0.1) is 5.69 Å². The Morgan fingerprint density at radius 3 is 2.67 bits per heavy atom. The highest BCUT2D eigenvalue weighted by Crippen LogP contribution is 2.23. The minimum atomic E-state index is 0.571. The Balaban J connectivity index is 1.41. The molecular formula is C19H24N4S. The molecule has 0 amide bonds. The number of nitrogens with zero attached hydrogens (tertiary/aromatic N) is 3. The Labute approximate surface area is 148 Å². The predicted molar refractivity (Wildman–Crippen MR) is 102 cm³/mol. The average molecular weight is 340 g/mol. The molecule has 0 aliphatic carbocycles. The van der Waals surface area contributed by atoms with Crippen molar-refractivity contribution in [1.29, 1.82) is 0 Å². The topological polar surface area (TPSA) is 41.1 Å². The maximum atomic E-state index is 4.79. The second-order valence-corrected chi connectivity index (χ2v) is 7.82. The van der Waals surface area contributed by atoms with Crippen LogP contribution in [0.4, 0.5) is 5.95 Å². The second kappa shape index (κ2) is 7.53. The minimum absolute atomic E-state index is 0.571. The number of rotatable bonds is 4. The molecule has 2 aliphatic heterocycles. The van der Waals surface area contributed by atoms with Crippen molar-refractivity contribution in [1.82, 2.24) is 15.3 Å². The molecule has 0 radical (unpaired) electrons. The summed E-state index contributed by atoms with van der Waals surface area (Å²) < 4.78 is 0.